The highest BCUT2D eigenvalue weighted by atomic mass is 35.5. The summed E-state index contributed by atoms with van der Waals surface area (Å²) in [6.07, 6.45) is 4.20. The Morgan fingerprint density at radius 2 is 2.20 bits per heavy atom. The monoisotopic (exact) mass is 289 g/mol. The number of nitrogens with one attached hydrogen (secondary N) is 2. The molecule has 1 aliphatic rings. The molecule has 1 atom stereocenters. The number of benzene rings is 1. The summed E-state index contributed by atoms with van der Waals surface area (Å²) in [5, 5.41) is 3.70. The first-order chi connectivity index (χ1) is 9.72. The van der Waals surface area contributed by atoms with Gasteiger partial charge in [0.2, 0.25) is 5.91 Å². The number of rotatable bonds is 3. The number of H-pyrrole nitrogens is 1. The van der Waals surface area contributed by atoms with Gasteiger partial charge in [0.1, 0.15) is 0 Å². The lowest BCUT2D eigenvalue weighted by atomic mass is 9.89. The van der Waals surface area contributed by atoms with Crippen LogP contribution in [0.1, 0.15) is 23.4 Å². The van der Waals surface area contributed by atoms with E-state index >= 15 is 0 Å². The van der Waals surface area contributed by atoms with E-state index in [1.165, 1.54) is 0 Å². The molecule has 1 unspecified atom stereocenters. The first-order valence-electron chi connectivity index (χ1n) is 6.75. The summed E-state index contributed by atoms with van der Waals surface area (Å²) in [5.74, 6) is 0.149. The predicted molar refractivity (Wildman–Crippen MR) is 77.4 cm³/mol. The van der Waals surface area contributed by atoms with E-state index in [1.54, 1.807) is 6.33 Å². The molecule has 1 amide bonds. The molecule has 104 valence electrons. The quantitative estimate of drug-likeness (QED) is 0.912. The minimum Gasteiger partial charge on any atom is -0.352 e. The molecule has 5 heteroatoms. The minimum atomic E-state index is 0.0373. The van der Waals surface area contributed by atoms with Crippen LogP contribution >= 0.6 is 11.6 Å². The van der Waals surface area contributed by atoms with Gasteiger partial charge in [0.05, 0.1) is 12.0 Å². The van der Waals surface area contributed by atoms with E-state index in [2.05, 4.69) is 15.3 Å². The van der Waals surface area contributed by atoms with E-state index in [-0.39, 0.29) is 11.8 Å². The lowest BCUT2D eigenvalue weighted by Crippen LogP contribution is -2.33. The van der Waals surface area contributed by atoms with Gasteiger partial charge < -0.3 is 10.3 Å². The van der Waals surface area contributed by atoms with Gasteiger partial charge >= 0.3 is 0 Å². The molecule has 1 aromatic carbocycles. The van der Waals surface area contributed by atoms with Gasteiger partial charge in [-0.3, -0.25) is 4.79 Å². The second-order valence-electron chi connectivity index (χ2n) is 5.11. The maximum atomic E-state index is 12.2. The van der Waals surface area contributed by atoms with Crippen LogP contribution in [-0.2, 0) is 24.2 Å². The zero-order chi connectivity index (χ0) is 13.9. The van der Waals surface area contributed by atoms with Crippen LogP contribution in [0.3, 0.4) is 0 Å². The van der Waals surface area contributed by atoms with Gasteiger partial charge in [-0.05, 0) is 30.5 Å². The second-order valence-corrected chi connectivity index (χ2v) is 5.55. The zero-order valence-corrected chi connectivity index (χ0v) is 11.8. The molecule has 4 nitrogen and oxygen atoms in total. The van der Waals surface area contributed by atoms with Gasteiger partial charge in [-0.1, -0.05) is 23.7 Å². The van der Waals surface area contributed by atoms with Crippen molar-refractivity contribution >= 4 is 17.5 Å². The topological polar surface area (TPSA) is 57.8 Å². The number of hydrogen-bond donors (Lipinski definition) is 2. The number of hydrogen-bond acceptors (Lipinski definition) is 2. The lowest BCUT2D eigenvalue weighted by Gasteiger charge is -2.20. The average Bonchev–Trinajstić information content (AvgIpc) is 2.93. The number of carbonyl (C=O) groups is 1. The fraction of sp³-hybridized carbons (Fsp3) is 0.333. The smallest absolute Gasteiger partial charge is 0.223 e. The van der Waals surface area contributed by atoms with Gasteiger partial charge in [-0.15, -0.1) is 0 Å². The van der Waals surface area contributed by atoms with Crippen LogP contribution in [0.25, 0.3) is 0 Å². The van der Waals surface area contributed by atoms with Gasteiger partial charge in [-0.25, -0.2) is 4.98 Å². The minimum absolute atomic E-state index is 0.0373. The molecule has 20 heavy (non-hydrogen) atoms. The Hall–Kier alpha value is -1.81. The Morgan fingerprint density at radius 3 is 3.00 bits per heavy atom. The summed E-state index contributed by atoms with van der Waals surface area (Å²) in [6, 6.07) is 7.52. The molecule has 0 spiro atoms. The van der Waals surface area contributed by atoms with Crippen molar-refractivity contribution in [3.8, 4) is 0 Å². The van der Waals surface area contributed by atoms with E-state index in [0.29, 0.717) is 11.6 Å². The van der Waals surface area contributed by atoms with Crippen LogP contribution in [0.5, 0.6) is 0 Å². The van der Waals surface area contributed by atoms with Crippen LogP contribution in [0, 0.1) is 5.92 Å². The summed E-state index contributed by atoms with van der Waals surface area (Å²) < 4.78 is 0. The Kier molecular flexibility index (Phi) is 3.74. The van der Waals surface area contributed by atoms with E-state index < -0.39 is 0 Å². The molecule has 0 saturated heterocycles. The normalized spacial score (nSPS) is 17.6. The first-order valence-corrected chi connectivity index (χ1v) is 7.13. The maximum Gasteiger partial charge on any atom is 0.223 e. The SMILES string of the molecule is O=C(NCc1ccc(Cl)cc1)C1CCc2nc[nH]c2C1. The number of nitrogens with zero attached hydrogens (tertiary/aromatic N) is 1. The molecule has 1 aliphatic carbocycles. The largest absolute Gasteiger partial charge is 0.352 e. The fourth-order valence-corrected chi connectivity index (χ4v) is 2.69. The molecule has 2 N–H and O–H groups in total. The van der Waals surface area contributed by atoms with Gasteiger partial charge in [0.15, 0.2) is 0 Å². The van der Waals surface area contributed by atoms with Crippen molar-refractivity contribution in [2.24, 2.45) is 5.92 Å². The third kappa shape index (κ3) is 2.85. The van der Waals surface area contributed by atoms with E-state index in [1.807, 2.05) is 24.3 Å². The number of aromatic nitrogens is 2. The van der Waals surface area contributed by atoms with Crippen molar-refractivity contribution in [1.82, 2.24) is 15.3 Å². The number of aromatic amines is 1. The molecule has 0 saturated carbocycles. The standard InChI is InChI=1S/C15H16ClN3O/c16-12-4-1-10(2-5-12)8-17-15(20)11-3-6-13-14(7-11)19-9-18-13/h1-2,4-5,9,11H,3,6-8H2,(H,17,20)(H,18,19). The van der Waals surface area contributed by atoms with Crippen LogP contribution in [-0.4, -0.2) is 15.9 Å². The molecule has 0 fully saturated rings. The number of carbonyl (C=O) groups excluding carboxylic acids is 1. The van der Waals surface area contributed by atoms with Crippen molar-refractivity contribution < 1.29 is 4.79 Å². The first kappa shape index (κ1) is 13.2. The maximum absolute atomic E-state index is 12.2. The molecular formula is C15H16ClN3O. The van der Waals surface area contributed by atoms with E-state index in [9.17, 15) is 4.79 Å². The summed E-state index contributed by atoms with van der Waals surface area (Å²) in [4.78, 5) is 19.6. The second kappa shape index (κ2) is 5.67. The van der Waals surface area contributed by atoms with Crippen LogP contribution in [0.4, 0.5) is 0 Å². The van der Waals surface area contributed by atoms with Crippen molar-refractivity contribution in [3.05, 3.63) is 52.6 Å². The van der Waals surface area contributed by atoms with Crippen molar-refractivity contribution in [1.29, 1.82) is 0 Å². The number of fused-ring (bicyclic) bond motifs is 1. The molecule has 0 bridgehead atoms. The van der Waals surface area contributed by atoms with Crippen LogP contribution in [0.15, 0.2) is 30.6 Å². The molecule has 2 aromatic rings. The Balaban J connectivity index is 1.56. The van der Waals surface area contributed by atoms with Crippen molar-refractivity contribution in [2.45, 2.75) is 25.8 Å². The van der Waals surface area contributed by atoms with Crippen molar-refractivity contribution in [3.63, 3.8) is 0 Å². The van der Waals surface area contributed by atoms with E-state index in [0.717, 1.165) is 36.2 Å². The van der Waals surface area contributed by atoms with Gasteiger partial charge in [0.25, 0.3) is 0 Å². The lowest BCUT2D eigenvalue weighted by molar-refractivity contribution is -0.125. The van der Waals surface area contributed by atoms with Crippen LogP contribution in [0.2, 0.25) is 5.02 Å². The van der Waals surface area contributed by atoms with Crippen molar-refractivity contribution in [2.75, 3.05) is 0 Å². The molecule has 0 aliphatic heterocycles. The number of imidazole rings is 1. The fourth-order valence-electron chi connectivity index (χ4n) is 2.56. The molecule has 1 aromatic heterocycles. The molecule has 1 heterocycles. The summed E-state index contributed by atoms with van der Waals surface area (Å²) in [6.45, 7) is 0.544. The summed E-state index contributed by atoms with van der Waals surface area (Å²) in [7, 11) is 0. The Labute approximate surface area is 122 Å². The molecule has 3 rings (SSSR count). The predicted octanol–water partition coefficient (Wildman–Crippen LogP) is 2.48. The Morgan fingerprint density at radius 1 is 1.40 bits per heavy atom. The number of amides is 1. The Bertz CT molecular complexity index is 606. The highest BCUT2D eigenvalue weighted by Gasteiger charge is 2.25. The number of aryl methyl sites for hydroxylation is 1. The van der Waals surface area contributed by atoms with Crippen LogP contribution < -0.4 is 5.32 Å². The summed E-state index contributed by atoms with van der Waals surface area (Å²) in [5.41, 5.74) is 3.26. The van der Waals surface area contributed by atoms with Gasteiger partial charge in [-0.2, -0.15) is 0 Å². The third-order valence-corrected chi connectivity index (χ3v) is 3.99. The third-order valence-electron chi connectivity index (χ3n) is 3.74. The highest BCUT2D eigenvalue weighted by molar-refractivity contribution is 6.30. The summed E-state index contributed by atoms with van der Waals surface area (Å²) >= 11 is 5.84. The van der Waals surface area contributed by atoms with Gasteiger partial charge in [0, 0.05) is 29.6 Å². The number of halogens is 1. The van der Waals surface area contributed by atoms with E-state index in [4.69, 9.17) is 11.6 Å². The molecule has 0 radical (unpaired) electrons. The highest BCUT2D eigenvalue weighted by Crippen LogP contribution is 2.23. The molecular weight excluding hydrogens is 274 g/mol. The zero-order valence-electron chi connectivity index (χ0n) is 11.0. The average molecular weight is 290 g/mol.